The summed E-state index contributed by atoms with van der Waals surface area (Å²) in [5, 5.41) is 3.15. The topological polar surface area (TPSA) is 67.6 Å². The van der Waals surface area contributed by atoms with Gasteiger partial charge in [-0.15, -0.1) is 0 Å². The number of nitrogens with zero attached hydrogens (tertiary/aromatic N) is 1. The van der Waals surface area contributed by atoms with Crippen molar-refractivity contribution in [3.05, 3.63) is 35.9 Å². The Hall–Kier alpha value is -1.43. The van der Waals surface area contributed by atoms with Gasteiger partial charge in [0.25, 0.3) is 0 Å². The maximum atomic E-state index is 12.2. The molecule has 5 nitrogen and oxygen atoms in total. The van der Waals surface area contributed by atoms with Crippen molar-refractivity contribution in [2.75, 3.05) is 33.3 Å². The number of morpholine rings is 1. The van der Waals surface area contributed by atoms with E-state index < -0.39 is 5.54 Å². The Labute approximate surface area is 126 Å². The van der Waals surface area contributed by atoms with E-state index in [1.807, 2.05) is 30.3 Å². The lowest BCUT2D eigenvalue weighted by atomic mass is 9.88. The van der Waals surface area contributed by atoms with Crippen LogP contribution in [0.25, 0.3) is 0 Å². The quantitative estimate of drug-likeness (QED) is 0.809. The number of nitrogens with one attached hydrogen (secondary N) is 1. The normalized spacial score (nSPS) is 22.7. The van der Waals surface area contributed by atoms with E-state index in [9.17, 15) is 4.79 Å². The SMILES string of the molecule is CCC1CN(CC(NC)(C(N)=O)c2ccccc2)CCO1. The third kappa shape index (κ3) is 3.43. The van der Waals surface area contributed by atoms with Gasteiger partial charge < -0.3 is 15.8 Å². The predicted octanol–water partition coefficient (Wildman–Crippen LogP) is 0.697. The number of benzene rings is 1. The third-order valence-corrected chi connectivity index (χ3v) is 4.25. The van der Waals surface area contributed by atoms with Crippen LogP contribution in [0.2, 0.25) is 0 Å². The van der Waals surface area contributed by atoms with Crippen LogP contribution in [0.1, 0.15) is 18.9 Å². The van der Waals surface area contributed by atoms with Crippen molar-refractivity contribution in [2.45, 2.75) is 25.0 Å². The number of ether oxygens (including phenoxy) is 1. The maximum Gasteiger partial charge on any atom is 0.243 e. The van der Waals surface area contributed by atoms with E-state index in [-0.39, 0.29) is 12.0 Å². The third-order valence-electron chi connectivity index (χ3n) is 4.25. The minimum atomic E-state index is -0.864. The lowest BCUT2D eigenvalue weighted by Crippen LogP contribution is -2.59. The molecule has 1 fully saturated rings. The van der Waals surface area contributed by atoms with Gasteiger partial charge in [-0.25, -0.2) is 0 Å². The fourth-order valence-electron chi connectivity index (χ4n) is 2.89. The van der Waals surface area contributed by atoms with Crippen molar-refractivity contribution >= 4 is 5.91 Å². The van der Waals surface area contributed by atoms with Crippen LogP contribution in [0, 0.1) is 0 Å². The highest BCUT2D eigenvalue weighted by Crippen LogP contribution is 2.23. The lowest BCUT2D eigenvalue weighted by Gasteiger charge is -2.39. The monoisotopic (exact) mass is 291 g/mol. The summed E-state index contributed by atoms with van der Waals surface area (Å²) in [5.74, 6) is -0.351. The van der Waals surface area contributed by atoms with Crippen molar-refractivity contribution in [1.29, 1.82) is 0 Å². The molecule has 2 atom stereocenters. The average Bonchev–Trinajstić information content (AvgIpc) is 2.53. The summed E-state index contributed by atoms with van der Waals surface area (Å²) in [7, 11) is 1.79. The summed E-state index contributed by atoms with van der Waals surface area (Å²) in [6, 6.07) is 9.68. The van der Waals surface area contributed by atoms with Gasteiger partial charge in [0.05, 0.1) is 12.7 Å². The van der Waals surface area contributed by atoms with Gasteiger partial charge in [-0.3, -0.25) is 9.69 Å². The van der Waals surface area contributed by atoms with Crippen molar-refractivity contribution in [3.63, 3.8) is 0 Å². The second-order valence-electron chi connectivity index (χ2n) is 5.52. The first-order chi connectivity index (χ1) is 10.1. The molecule has 1 aliphatic rings. The molecule has 3 N–H and O–H groups in total. The lowest BCUT2D eigenvalue weighted by molar-refractivity contribution is -0.126. The number of hydrogen-bond acceptors (Lipinski definition) is 4. The van der Waals surface area contributed by atoms with E-state index in [2.05, 4.69) is 17.1 Å². The standard InChI is InChI=1S/C16H25N3O2/c1-3-14-11-19(9-10-21-14)12-16(18-2,15(17)20)13-7-5-4-6-8-13/h4-8,14,18H,3,9-12H2,1-2H3,(H2,17,20). The number of nitrogens with two attached hydrogens (primary N) is 1. The number of carbonyl (C=O) groups excluding carboxylic acids is 1. The molecule has 0 aliphatic carbocycles. The molecule has 1 amide bonds. The van der Waals surface area contributed by atoms with Crippen molar-refractivity contribution in [3.8, 4) is 0 Å². The minimum absolute atomic E-state index is 0.233. The maximum absolute atomic E-state index is 12.2. The summed E-state index contributed by atoms with van der Waals surface area (Å²) < 4.78 is 5.69. The molecule has 0 radical (unpaired) electrons. The van der Waals surface area contributed by atoms with Gasteiger partial charge in [0.15, 0.2) is 0 Å². The first-order valence-electron chi connectivity index (χ1n) is 7.50. The Morgan fingerprint density at radius 2 is 2.19 bits per heavy atom. The predicted molar refractivity (Wildman–Crippen MR) is 82.8 cm³/mol. The zero-order chi connectivity index (χ0) is 15.3. The van der Waals surface area contributed by atoms with Gasteiger partial charge in [0.2, 0.25) is 5.91 Å². The van der Waals surface area contributed by atoms with E-state index >= 15 is 0 Å². The number of amides is 1. The van der Waals surface area contributed by atoms with Gasteiger partial charge in [0, 0.05) is 19.6 Å². The molecular weight excluding hydrogens is 266 g/mol. The number of hydrogen-bond donors (Lipinski definition) is 2. The second kappa shape index (κ2) is 7.02. The van der Waals surface area contributed by atoms with E-state index in [1.54, 1.807) is 7.05 Å². The first kappa shape index (κ1) is 15.9. The van der Waals surface area contributed by atoms with Crippen LogP contribution in [0.4, 0.5) is 0 Å². The molecule has 0 bridgehead atoms. The van der Waals surface area contributed by atoms with Gasteiger partial charge in [-0.05, 0) is 19.0 Å². The molecule has 1 aromatic rings. The molecule has 1 heterocycles. The van der Waals surface area contributed by atoms with E-state index in [4.69, 9.17) is 10.5 Å². The van der Waals surface area contributed by atoms with Gasteiger partial charge >= 0.3 is 0 Å². The Balaban J connectivity index is 2.23. The van der Waals surface area contributed by atoms with Gasteiger partial charge in [-0.2, -0.15) is 0 Å². The molecule has 1 saturated heterocycles. The minimum Gasteiger partial charge on any atom is -0.376 e. The molecule has 1 aliphatic heterocycles. The van der Waals surface area contributed by atoms with Crippen molar-refractivity contribution in [2.24, 2.45) is 5.73 Å². The van der Waals surface area contributed by atoms with Crippen molar-refractivity contribution in [1.82, 2.24) is 10.2 Å². The summed E-state index contributed by atoms with van der Waals surface area (Å²) in [6.07, 6.45) is 1.21. The first-order valence-corrected chi connectivity index (χ1v) is 7.50. The van der Waals surface area contributed by atoms with Crippen LogP contribution in [-0.2, 0) is 15.1 Å². The fraction of sp³-hybridized carbons (Fsp3) is 0.562. The van der Waals surface area contributed by atoms with Gasteiger partial charge in [-0.1, -0.05) is 37.3 Å². The largest absolute Gasteiger partial charge is 0.376 e. The van der Waals surface area contributed by atoms with E-state index in [0.29, 0.717) is 13.2 Å². The van der Waals surface area contributed by atoms with Crippen LogP contribution in [-0.4, -0.2) is 50.2 Å². The number of primary amides is 1. The van der Waals surface area contributed by atoms with E-state index in [1.165, 1.54) is 0 Å². The van der Waals surface area contributed by atoms with Crippen LogP contribution >= 0.6 is 0 Å². The highest BCUT2D eigenvalue weighted by atomic mass is 16.5. The molecular formula is C16H25N3O2. The Kier molecular flexibility index (Phi) is 5.33. The van der Waals surface area contributed by atoms with Gasteiger partial charge in [0.1, 0.15) is 5.54 Å². The zero-order valence-electron chi connectivity index (χ0n) is 12.8. The second-order valence-corrected chi connectivity index (χ2v) is 5.52. The Morgan fingerprint density at radius 3 is 2.76 bits per heavy atom. The summed E-state index contributed by atoms with van der Waals surface area (Å²) >= 11 is 0. The number of carbonyl (C=O) groups is 1. The highest BCUT2D eigenvalue weighted by Gasteiger charge is 2.39. The molecule has 1 aromatic carbocycles. The molecule has 116 valence electrons. The fourth-order valence-corrected chi connectivity index (χ4v) is 2.89. The highest BCUT2D eigenvalue weighted by molar-refractivity contribution is 5.86. The van der Waals surface area contributed by atoms with Crippen LogP contribution in [0.5, 0.6) is 0 Å². The molecule has 2 rings (SSSR count). The average molecular weight is 291 g/mol. The number of likely N-dealkylation sites (N-methyl/N-ethyl adjacent to an activating group) is 1. The molecule has 2 unspecified atom stereocenters. The summed E-state index contributed by atoms with van der Waals surface area (Å²) in [6.45, 7) is 5.03. The molecule has 5 heteroatoms. The summed E-state index contributed by atoms with van der Waals surface area (Å²) in [4.78, 5) is 14.4. The summed E-state index contributed by atoms with van der Waals surface area (Å²) in [5.41, 5.74) is 5.78. The number of rotatable bonds is 6. The molecule has 0 spiro atoms. The van der Waals surface area contributed by atoms with E-state index in [0.717, 1.165) is 25.1 Å². The van der Waals surface area contributed by atoms with Crippen LogP contribution in [0.3, 0.4) is 0 Å². The Bertz CT molecular complexity index is 466. The molecule has 21 heavy (non-hydrogen) atoms. The Morgan fingerprint density at radius 1 is 1.48 bits per heavy atom. The zero-order valence-corrected chi connectivity index (χ0v) is 12.8. The molecule has 0 aromatic heterocycles. The van der Waals surface area contributed by atoms with Crippen LogP contribution < -0.4 is 11.1 Å². The van der Waals surface area contributed by atoms with Crippen molar-refractivity contribution < 1.29 is 9.53 Å². The molecule has 0 saturated carbocycles. The van der Waals surface area contributed by atoms with Crippen LogP contribution in [0.15, 0.2) is 30.3 Å². The smallest absolute Gasteiger partial charge is 0.243 e.